The van der Waals surface area contributed by atoms with E-state index in [9.17, 15) is 19.5 Å². The molecular weight excluding hydrogens is 430 g/mol. The van der Waals surface area contributed by atoms with Crippen molar-refractivity contribution in [3.05, 3.63) is 126 Å². The Morgan fingerprint density at radius 2 is 1.59 bits per heavy atom. The molecule has 0 saturated carbocycles. The third-order valence-corrected chi connectivity index (χ3v) is 4.91. The van der Waals surface area contributed by atoms with E-state index in [0.29, 0.717) is 17.0 Å². The van der Waals surface area contributed by atoms with Crippen LogP contribution >= 0.6 is 0 Å². The molecule has 1 unspecified atom stereocenters. The smallest absolute Gasteiger partial charge is 0.347 e. The summed E-state index contributed by atoms with van der Waals surface area (Å²) in [5.74, 6) is -0.883. The van der Waals surface area contributed by atoms with Gasteiger partial charge in [0.1, 0.15) is 17.1 Å². The molecule has 0 heterocycles. The van der Waals surface area contributed by atoms with Crippen molar-refractivity contribution in [2.24, 2.45) is 0 Å². The van der Waals surface area contributed by atoms with Crippen LogP contribution in [0.3, 0.4) is 0 Å². The maximum Gasteiger partial charge on any atom is 0.347 e. The number of nitrogens with two attached hydrogens (primary N) is 1. The second kappa shape index (κ2) is 11.2. The van der Waals surface area contributed by atoms with E-state index in [4.69, 9.17) is 10.5 Å². The molecule has 0 aliphatic heterocycles. The Morgan fingerprint density at radius 1 is 0.941 bits per heavy atom. The van der Waals surface area contributed by atoms with E-state index >= 15 is 0 Å². The van der Waals surface area contributed by atoms with E-state index in [2.05, 4.69) is 6.58 Å². The highest BCUT2D eigenvalue weighted by Crippen LogP contribution is 2.28. The van der Waals surface area contributed by atoms with Crippen molar-refractivity contribution < 1.29 is 24.2 Å². The number of aromatic hydroxyl groups is 1. The lowest BCUT2D eigenvalue weighted by molar-refractivity contribution is -0.114. The van der Waals surface area contributed by atoms with Crippen molar-refractivity contribution in [2.75, 3.05) is 5.73 Å². The molecule has 0 amide bonds. The average molecular weight is 453 g/mol. The van der Waals surface area contributed by atoms with Crippen molar-refractivity contribution in [3.63, 3.8) is 0 Å². The van der Waals surface area contributed by atoms with Crippen LogP contribution in [0.15, 0.2) is 115 Å². The number of allylic oxidation sites excluding steroid dienone is 5. The summed E-state index contributed by atoms with van der Waals surface area (Å²) in [6, 6.07) is 22.5. The van der Waals surface area contributed by atoms with E-state index in [-0.39, 0.29) is 28.8 Å². The number of ketones is 2. The summed E-state index contributed by atoms with van der Waals surface area (Å²) in [5, 5.41) is 9.56. The number of phenolic OH excluding ortho intramolecular Hbond substituents is 1. The minimum absolute atomic E-state index is 0.0862. The predicted octanol–water partition coefficient (Wildman–Crippen LogP) is 4.78. The number of benzene rings is 3. The number of carbonyl (C=O) groups is 3. The van der Waals surface area contributed by atoms with Crippen LogP contribution < -0.4 is 10.5 Å². The van der Waals surface area contributed by atoms with Gasteiger partial charge in [-0.05, 0) is 48.1 Å². The number of hydrogen-bond acceptors (Lipinski definition) is 6. The van der Waals surface area contributed by atoms with Crippen molar-refractivity contribution in [2.45, 2.75) is 5.92 Å². The number of phenols is 1. The van der Waals surface area contributed by atoms with E-state index in [0.717, 1.165) is 5.56 Å². The van der Waals surface area contributed by atoms with Crippen LogP contribution in [0.5, 0.6) is 11.5 Å². The third kappa shape index (κ3) is 6.17. The van der Waals surface area contributed by atoms with Crippen molar-refractivity contribution in [1.82, 2.24) is 0 Å². The molecule has 3 aromatic carbocycles. The number of rotatable bonds is 5. The molecule has 1 atom stereocenters. The number of anilines is 1. The van der Waals surface area contributed by atoms with Gasteiger partial charge in [0.25, 0.3) is 0 Å². The first kappa shape index (κ1) is 23.9. The Balaban J connectivity index is 0.000000191. The quantitative estimate of drug-likeness (QED) is 0.189. The molecule has 1 aliphatic rings. The van der Waals surface area contributed by atoms with Gasteiger partial charge in [-0.3, -0.25) is 9.59 Å². The van der Waals surface area contributed by atoms with Crippen LogP contribution in [-0.2, 0) is 9.59 Å². The van der Waals surface area contributed by atoms with Crippen LogP contribution in [0, 0.1) is 0 Å². The third-order valence-electron chi connectivity index (χ3n) is 4.91. The summed E-state index contributed by atoms with van der Waals surface area (Å²) in [4.78, 5) is 34.8. The molecular formula is C28H23NO5. The molecule has 0 saturated heterocycles. The topological polar surface area (TPSA) is 107 Å². The van der Waals surface area contributed by atoms with Crippen LogP contribution in [-0.4, -0.2) is 22.6 Å². The molecule has 0 bridgehead atoms. The minimum atomic E-state index is -0.617. The zero-order chi connectivity index (χ0) is 24.5. The fraction of sp³-hybridized carbons (Fsp3) is 0.0357. The maximum atomic E-state index is 11.8. The average Bonchev–Trinajstić information content (AvgIpc) is 2.83. The first-order valence-electron chi connectivity index (χ1n) is 10.4. The summed E-state index contributed by atoms with van der Waals surface area (Å²) in [7, 11) is 0. The number of hydrogen-bond donors (Lipinski definition) is 2. The lowest BCUT2D eigenvalue weighted by Gasteiger charge is -2.16. The molecule has 1 aliphatic carbocycles. The zero-order valence-corrected chi connectivity index (χ0v) is 18.3. The number of para-hydroxylation sites is 1. The largest absolute Gasteiger partial charge is 0.507 e. The lowest BCUT2D eigenvalue weighted by Crippen LogP contribution is -2.13. The second-order valence-electron chi connectivity index (χ2n) is 7.30. The summed E-state index contributed by atoms with van der Waals surface area (Å²) in [5.41, 5.74) is 7.39. The van der Waals surface area contributed by atoms with Gasteiger partial charge in [-0.1, -0.05) is 54.6 Å². The van der Waals surface area contributed by atoms with Crippen molar-refractivity contribution in [3.8, 4) is 11.5 Å². The Kier molecular flexibility index (Phi) is 7.92. The summed E-state index contributed by atoms with van der Waals surface area (Å²) >= 11 is 0. The standard InChI is InChI=1S/C15H12O2.C13H11NO3/c1-2-13(11-6-4-3-5-7-11)14-10-12(16)8-9-15(14)17;14-9-6-7-11(12(15)8-9)13(16)17-10-4-2-1-3-5-10/h2-10,13H,1H2;1-8,15H,14H2. The fourth-order valence-electron chi connectivity index (χ4n) is 3.24. The van der Waals surface area contributed by atoms with Gasteiger partial charge in [-0.15, -0.1) is 6.58 Å². The maximum absolute atomic E-state index is 11.8. The van der Waals surface area contributed by atoms with Crippen molar-refractivity contribution in [1.29, 1.82) is 0 Å². The highest BCUT2D eigenvalue weighted by Gasteiger charge is 2.21. The summed E-state index contributed by atoms with van der Waals surface area (Å²) in [6.07, 6.45) is 5.68. The number of carbonyl (C=O) groups excluding carboxylic acids is 3. The molecule has 6 heteroatoms. The zero-order valence-electron chi connectivity index (χ0n) is 18.3. The summed E-state index contributed by atoms with van der Waals surface area (Å²) < 4.78 is 5.08. The minimum Gasteiger partial charge on any atom is -0.507 e. The monoisotopic (exact) mass is 453 g/mol. The van der Waals surface area contributed by atoms with Gasteiger partial charge in [-0.25, -0.2) is 4.79 Å². The Hall–Kier alpha value is -4.71. The summed E-state index contributed by atoms with van der Waals surface area (Å²) in [6.45, 7) is 3.74. The van der Waals surface area contributed by atoms with Crippen LogP contribution in [0.1, 0.15) is 21.8 Å². The molecule has 170 valence electrons. The van der Waals surface area contributed by atoms with Crippen LogP contribution in [0.4, 0.5) is 5.69 Å². The van der Waals surface area contributed by atoms with Gasteiger partial charge in [-0.2, -0.15) is 0 Å². The molecule has 3 N–H and O–H groups in total. The highest BCUT2D eigenvalue weighted by molar-refractivity contribution is 6.18. The van der Waals surface area contributed by atoms with Gasteiger partial charge in [0, 0.05) is 23.2 Å². The van der Waals surface area contributed by atoms with E-state index in [1.54, 1.807) is 30.3 Å². The normalized spacial score (nSPS) is 13.2. The second-order valence-corrected chi connectivity index (χ2v) is 7.30. The lowest BCUT2D eigenvalue weighted by atomic mass is 9.86. The van der Waals surface area contributed by atoms with Crippen LogP contribution in [0.25, 0.3) is 0 Å². The molecule has 0 aromatic heterocycles. The molecule has 0 radical (unpaired) electrons. The SMILES string of the molecule is C=CC(C1=CC(=O)C=CC1=O)c1ccccc1.Nc1ccc(C(=O)Oc2ccccc2)c(O)c1. The first-order valence-corrected chi connectivity index (χ1v) is 10.4. The molecule has 0 fully saturated rings. The van der Waals surface area contributed by atoms with Gasteiger partial charge < -0.3 is 15.6 Å². The van der Waals surface area contributed by atoms with E-state index in [1.807, 2.05) is 36.4 Å². The number of ether oxygens (including phenoxy) is 1. The van der Waals surface area contributed by atoms with Crippen molar-refractivity contribution >= 4 is 23.2 Å². The van der Waals surface area contributed by atoms with Gasteiger partial charge in [0.05, 0.1) is 0 Å². The number of nitrogen functional groups attached to an aromatic ring is 1. The number of esters is 1. The molecule has 3 aromatic rings. The molecule has 4 rings (SSSR count). The first-order chi connectivity index (χ1) is 16.4. The molecule has 0 spiro atoms. The molecule has 6 nitrogen and oxygen atoms in total. The predicted molar refractivity (Wildman–Crippen MR) is 131 cm³/mol. The van der Waals surface area contributed by atoms with Crippen LogP contribution in [0.2, 0.25) is 0 Å². The Labute approximate surface area is 197 Å². The van der Waals surface area contributed by atoms with E-state index < -0.39 is 5.97 Å². The fourth-order valence-corrected chi connectivity index (χ4v) is 3.24. The van der Waals surface area contributed by atoms with Gasteiger partial charge in [0.15, 0.2) is 11.6 Å². The van der Waals surface area contributed by atoms with E-state index in [1.165, 1.54) is 36.4 Å². The Morgan fingerprint density at radius 3 is 2.21 bits per heavy atom. The van der Waals surface area contributed by atoms with Gasteiger partial charge >= 0.3 is 5.97 Å². The van der Waals surface area contributed by atoms with Gasteiger partial charge in [0.2, 0.25) is 0 Å². The molecule has 34 heavy (non-hydrogen) atoms. The highest BCUT2D eigenvalue weighted by atomic mass is 16.5. The Bertz CT molecular complexity index is 1260.